The van der Waals surface area contributed by atoms with Crippen LogP contribution in [0.5, 0.6) is 0 Å². The third-order valence-electron chi connectivity index (χ3n) is 7.00. The lowest BCUT2D eigenvalue weighted by atomic mass is 9.90. The number of pyridine rings is 1. The Bertz CT molecular complexity index is 1840. The number of fused-ring (bicyclic) bond motifs is 3. The number of benzene rings is 6. The fourth-order valence-corrected chi connectivity index (χ4v) is 6.46. The SMILES string of the molecule is c1ccc(-c2cccc(Sc3c4ccccc4c(-c4cccc5ccccc45)c4cnccc34)c2)cc1. The first-order valence-electron chi connectivity index (χ1n) is 12.5. The van der Waals surface area contributed by atoms with Crippen LogP contribution in [0.1, 0.15) is 0 Å². The van der Waals surface area contributed by atoms with Crippen LogP contribution in [0, 0.1) is 0 Å². The van der Waals surface area contributed by atoms with Crippen LogP contribution in [0.15, 0.2) is 150 Å². The number of hydrogen-bond donors (Lipinski definition) is 0. The molecule has 174 valence electrons. The van der Waals surface area contributed by atoms with Gasteiger partial charge in [0, 0.05) is 27.6 Å². The highest BCUT2D eigenvalue weighted by molar-refractivity contribution is 7.99. The van der Waals surface area contributed by atoms with E-state index in [0.717, 1.165) is 0 Å². The molecule has 0 aliphatic rings. The Morgan fingerprint density at radius 3 is 2.05 bits per heavy atom. The van der Waals surface area contributed by atoms with E-state index >= 15 is 0 Å². The van der Waals surface area contributed by atoms with E-state index in [1.54, 1.807) is 0 Å². The molecule has 1 nitrogen and oxygen atoms in total. The number of hydrogen-bond acceptors (Lipinski definition) is 2. The molecule has 0 bridgehead atoms. The van der Waals surface area contributed by atoms with Gasteiger partial charge in [-0.05, 0) is 67.4 Å². The number of rotatable bonds is 4. The largest absolute Gasteiger partial charge is 0.264 e. The summed E-state index contributed by atoms with van der Waals surface area (Å²) in [5, 5.41) is 7.43. The highest BCUT2D eigenvalue weighted by atomic mass is 32.2. The maximum atomic E-state index is 4.58. The van der Waals surface area contributed by atoms with E-state index in [-0.39, 0.29) is 0 Å². The van der Waals surface area contributed by atoms with Crippen molar-refractivity contribution in [1.82, 2.24) is 4.98 Å². The molecule has 0 unspecified atom stereocenters. The Labute approximate surface area is 220 Å². The first-order chi connectivity index (χ1) is 18.4. The highest BCUT2D eigenvalue weighted by Crippen LogP contribution is 2.46. The van der Waals surface area contributed by atoms with Crippen LogP contribution in [-0.4, -0.2) is 4.98 Å². The lowest BCUT2D eigenvalue weighted by Crippen LogP contribution is -1.91. The molecule has 1 heterocycles. The van der Waals surface area contributed by atoms with Gasteiger partial charge in [0.15, 0.2) is 0 Å². The van der Waals surface area contributed by atoms with Crippen LogP contribution in [0.25, 0.3) is 54.6 Å². The van der Waals surface area contributed by atoms with Gasteiger partial charge in [-0.3, -0.25) is 4.98 Å². The van der Waals surface area contributed by atoms with Gasteiger partial charge in [-0.2, -0.15) is 0 Å². The number of nitrogens with zero attached hydrogens (tertiary/aromatic N) is 1. The average molecular weight is 490 g/mol. The molecule has 0 fully saturated rings. The minimum absolute atomic E-state index is 1.18. The lowest BCUT2D eigenvalue weighted by molar-refractivity contribution is 1.36. The topological polar surface area (TPSA) is 12.9 Å². The van der Waals surface area contributed by atoms with Gasteiger partial charge in [-0.25, -0.2) is 0 Å². The molecular weight excluding hydrogens is 466 g/mol. The minimum atomic E-state index is 1.18. The maximum absolute atomic E-state index is 4.58. The van der Waals surface area contributed by atoms with Crippen molar-refractivity contribution in [1.29, 1.82) is 0 Å². The summed E-state index contributed by atoms with van der Waals surface area (Å²) < 4.78 is 0. The molecule has 1 aromatic heterocycles. The van der Waals surface area contributed by atoms with Crippen molar-refractivity contribution in [3.05, 3.63) is 140 Å². The molecule has 2 heteroatoms. The van der Waals surface area contributed by atoms with Crippen molar-refractivity contribution < 1.29 is 0 Å². The molecule has 0 N–H and O–H groups in total. The maximum Gasteiger partial charge on any atom is 0.0353 e. The standard InChI is InChI=1S/C35H23NS/c1-2-10-24(11-3-1)26-14-8-15-27(22-26)37-35-31-18-7-6-17-30(31)34(33-23-36-21-20-32(33)35)29-19-9-13-25-12-4-5-16-28(25)29/h1-23H. The van der Waals surface area contributed by atoms with Gasteiger partial charge >= 0.3 is 0 Å². The Kier molecular flexibility index (Phi) is 5.45. The van der Waals surface area contributed by atoms with Crippen LogP contribution in [-0.2, 0) is 0 Å². The second kappa shape index (κ2) is 9.24. The van der Waals surface area contributed by atoms with Gasteiger partial charge in [-0.15, -0.1) is 0 Å². The predicted octanol–water partition coefficient (Wildman–Crippen LogP) is 10.0. The zero-order chi connectivity index (χ0) is 24.6. The van der Waals surface area contributed by atoms with Crippen LogP contribution in [0.4, 0.5) is 0 Å². The van der Waals surface area contributed by atoms with Crippen LogP contribution >= 0.6 is 11.8 Å². The molecular formula is C35H23NS. The normalized spacial score (nSPS) is 11.4. The minimum Gasteiger partial charge on any atom is -0.264 e. The second-order valence-corrected chi connectivity index (χ2v) is 10.3. The molecule has 0 aliphatic carbocycles. The van der Waals surface area contributed by atoms with Gasteiger partial charge in [0.05, 0.1) is 0 Å². The summed E-state index contributed by atoms with van der Waals surface area (Å²) in [6.07, 6.45) is 3.94. The van der Waals surface area contributed by atoms with Crippen molar-refractivity contribution in [2.75, 3.05) is 0 Å². The Balaban J connectivity index is 1.48. The zero-order valence-corrected chi connectivity index (χ0v) is 21.0. The van der Waals surface area contributed by atoms with E-state index in [4.69, 9.17) is 0 Å². The van der Waals surface area contributed by atoms with Crippen molar-refractivity contribution in [3.8, 4) is 22.3 Å². The molecule has 6 aromatic carbocycles. The summed E-state index contributed by atoms with van der Waals surface area (Å²) in [6.45, 7) is 0. The van der Waals surface area contributed by atoms with Crippen molar-refractivity contribution in [2.24, 2.45) is 0 Å². The van der Waals surface area contributed by atoms with Crippen LogP contribution in [0.3, 0.4) is 0 Å². The van der Waals surface area contributed by atoms with E-state index in [1.807, 2.05) is 24.2 Å². The molecule has 0 saturated heterocycles. The molecule has 0 spiro atoms. The smallest absolute Gasteiger partial charge is 0.0353 e. The molecule has 0 amide bonds. The predicted molar refractivity (Wildman–Crippen MR) is 158 cm³/mol. The Morgan fingerprint density at radius 1 is 0.486 bits per heavy atom. The Hall–Kier alpha value is -4.40. The first kappa shape index (κ1) is 21.8. The summed E-state index contributed by atoms with van der Waals surface area (Å²) in [7, 11) is 0. The Morgan fingerprint density at radius 2 is 1.16 bits per heavy atom. The summed E-state index contributed by atoms with van der Waals surface area (Å²) in [5.74, 6) is 0. The molecule has 7 rings (SSSR count). The van der Waals surface area contributed by atoms with Gasteiger partial charge < -0.3 is 0 Å². The van der Waals surface area contributed by atoms with Crippen molar-refractivity contribution >= 4 is 44.1 Å². The first-order valence-corrected chi connectivity index (χ1v) is 13.3. The summed E-state index contributed by atoms with van der Waals surface area (Å²) in [5.41, 5.74) is 4.95. The summed E-state index contributed by atoms with van der Waals surface area (Å²) >= 11 is 1.84. The molecule has 0 saturated carbocycles. The monoisotopic (exact) mass is 489 g/mol. The molecule has 7 aromatic rings. The van der Waals surface area contributed by atoms with Crippen molar-refractivity contribution in [2.45, 2.75) is 9.79 Å². The van der Waals surface area contributed by atoms with E-state index in [0.29, 0.717) is 0 Å². The third-order valence-corrected chi connectivity index (χ3v) is 8.13. The van der Waals surface area contributed by atoms with E-state index < -0.39 is 0 Å². The van der Waals surface area contributed by atoms with Crippen molar-refractivity contribution in [3.63, 3.8) is 0 Å². The molecule has 0 radical (unpaired) electrons. The summed E-state index contributed by atoms with van der Waals surface area (Å²) in [6, 6.07) is 45.6. The van der Waals surface area contributed by atoms with Gasteiger partial charge in [0.1, 0.15) is 0 Å². The fourth-order valence-electron chi connectivity index (χ4n) is 5.31. The highest BCUT2D eigenvalue weighted by Gasteiger charge is 2.17. The summed E-state index contributed by atoms with van der Waals surface area (Å²) in [4.78, 5) is 7.07. The van der Waals surface area contributed by atoms with Gasteiger partial charge in [-0.1, -0.05) is 121 Å². The van der Waals surface area contributed by atoms with Crippen LogP contribution in [0.2, 0.25) is 0 Å². The van der Waals surface area contributed by atoms with E-state index in [2.05, 4.69) is 132 Å². The molecule has 0 atom stereocenters. The second-order valence-electron chi connectivity index (χ2n) is 9.19. The molecule has 37 heavy (non-hydrogen) atoms. The van der Waals surface area contributed by atoms with E-state index in [1.165, 1.54) is 64.4 Å². The molecule has 0 aliphatic heterocycles. The lowest BCUT2D eigenvalue weighted by Gasteiger charge is -2.18. The fraction of sp³-hybridized carbons (Fsp3) is 0. The average Bonchev–Trinajstić information content (AvgIpc) is 2.98. The van der Waals surface area contributed by atoms with Gasteiger partial charge in [0.2, 0.25) is 0 Å². The number of aromatic nitrogens is 1. The third kappa shape index (κ3) is 3.87. The quantitative estimate of drug-likeness (QED) is 0.228. The zero-order valence-electron chi connectivity index (χ0n) is 20.1. The van der Waals surface area contributed by atoms with Crippen LogP contribution < -0.4 is 0 Å². The van der Waals surface area contributed by atoms with E-state index in [9.17, 15) is 0 Å². The van der Waals surface area contributed by atoms with Gasteiger partial charge in [0.25, 0.3) is 0 Å².